The van der Waals surface area contributed by atoms with Crippen molar-refractivity contribution in [3.05, 3.63) is 29.3 Å². The SMILES string of the molecule is CC(C)(C)CNC1CCc2cc(N)ccc21. The Morgan fingerprint density at radius 2 is 2.12 bits per heavy atom. The van der Waals surface area contributed by atoms with Crippen LogP contribution in [0.4, 0.5) is 5.69 Å². The Bertz CT molecular complexity index is 377. The summed E-state index contributed by atoms with van der Waals surface area (Å²) in [5, 5.41) is 3.66. The molecule has 0 fully saturated rings. The minimum absolute atomic E-state index is 0.344. The number of aryl methyl sites for hydroxylation is 1. The molecule has 0 heterocycles. The van der Waals surface area contributed by atoms with Crippen LogP contribution in [-0.2, 0) is 6.42 Å². The molecule has 0 saturated heterocycles. The molecule has 2 rings (SSSR count). The van der Waals surface area contributed by atoms with Gasteiger partial charge in [-0.3, -0.25) is 0 Å². The van der Waals surface area contributed by atoms with E-state index in [1.54, 1.807) is 0 Å². The van der Waals surface area contributed by atoms with Crippen molar-refractivity contribution in [2.45, 2.75) is 39.7 Å². The van der Waals surface area contributed by atoms with Crippen molar-refractivity contribution in [1.29, 1.82) is 0 Å². The summed E-state index contributed by atoms with van der Waals surface area (Å²) in [7, 11) is 0. The van der Waals surface area contributed by atoms with E-state index in [4.69, 9.17) is 5.73 Å². The Labute approximate surface area is 98.2 Å². The molecule has 88 valence electrons. The van der Waals surface area contributed by atoms with E-state index in [0.717, 1.165) is 18.7 Å². The average Bonchev–Trinajstić information content (AvgIpc) is 2.56. The Balaban J connectivity index is 2.06. The molecule has 2 nitrogen and oxygen atoms in total. The topological polar surface area (TPSA) is 38.0 Å². The fraction of sp³-hybridized carbons (Fsp3) is 0.571. The number of rotatable bonds is 2. The molecule has 1 atom stereocenters. The molecular formula is C14H22N2. The third kappa shape index (κ3) is 2.56. The predicted octanol–water partition coefficient (Wildman–Crippen LogP) is 2.89. The quantitative estimate of drug-likeness (QED) is 0.749. The smallest absolute Gasteiger partial charge is 0.0326 e. The Hall–Kier alpha value is -1.02. The first-order chi connectivity index (χ1) is 7.46. The first-order valence-electron chi connectivity index (χ1n) is 6.07. The Kier molecular flexibility index (Phi) is 2.94. The Morgan fingerprint density at radius 1 is 1.38 bits per heavy atom. The number of anilines is 1. The van der Waals surface area contributed by atoms with E-state index in [1.807, 2.05) is 6.07 Å². The summed E-state index contributed by atoms with van der Waals surface area (Å²) >= 11 is 0. The van der Waals surface area contributed by atoms with Crippen molar-refractivity contribution in [1.82, 2.24) is 5.32 Å². The molecule has 1 aliphatic carbocycles. The zero-order valence-corrected chi connectivity index (χ0v) is 10.5. The van der Waals surface area contributed by atoms with Gasteiger partial charge >= 0.3 is 0 Å². The van der Waals surface area contributed by atoms with Crippen LogP contribution in [0.5, 0.6) is 0 Å². The van der Waals surface area contributed by atoms with Crippen LogP contribution in [0.25, 0.3) is 0 Å². The van der Waals surface area contributed by atoms with E-state index >= 15 is 0 Å². The number of hydrogen-bond donors (Lipinski definition) is 2. The van der Waals surface area contributed by atoms with E-state index < -0.39 is 0 Å². The van der Waals surface area contributed by atoms with E-state index in [9.17, 15) is 0 Å². The molecule has 1 aromatic rings. The zero-order chi connectivity index (χ0) is 11.8. The average molecular weight is 218 g/mol. The van der Waals surface area contributed by atoms with E-state index in [2.05, 4.69) is 38.2 Å². The first-order valence-corrected chi connectivity index (χ1v) is 6.07. The van der Waals surface area contributed by atoms with Crippen molar-refractivity contribution >= 4 is 5.69 Å². The number of nitrogen functional groups attached to an aromatic ring is 1. The maximum absolute atomic E-state index is 5.80. The maximum Gasteiger partial charge on any atom is 0.0326 e. The van der Waals surface area contributed by atoms with Crippen molar-refractivity contribution in [3.63, 3.8) is 0 Å². The van der Waals surface area contributed by atoms with Crippen LogP contribution < -0.4 is 11.1 Å². The molecule has 0 bridgehead atoms. The molecule has 0 aromatic heterocycles. The minimum atomic E-state index is 0.344. The number of hydrogen-bond acceptors (Lipinski definition) is 2. The molecule has 0 spiro atoms. The van der Waals surface area contributed by atoms with Gasteiger partial charge in [-0.2, -0.15) is 0 Å². The molecule has 16 heavy (non-hydrogen) atoms. The van der Waals surface area contributed by atoms with Gasteiger partial charge in [0.25, 0.3) is 0 Å². The maximum atomic E-state index is 5.80. The largest absolute Gasteiger partial charge is 0.399 e. The summed E-state index contributed by atoms with van der Waals surface area (Å²) < 4.78 is 0. The van der Waals surface area contributed by atoms with Gasteiger partial charge in [-0.25, -0.2) is 0 Å². The van der Waals surface area contributed by atoms with Crippen LogP contribution in [0.3, 0.4) is 0 Å². The van der Waals surface area contributed by atoms with Crippen LogP contribution in [0, 0.1) is 5.41 Å². The van der Waals surface area contributed by atoms with Crippen LogP contribution in [0.2, 0.25) is 0 Å². The van der Waals surface area contributed by atoms with Gasteiger partial charge in [0.1, 0.15) is 0 Å². The second-order valence-corrected chi connectivity index (χ2v) is 5.99. The number of nitrogens with one attached hydrogen (secondary N) is 1. The van der Waals surface area contributed by atoms with E-state index in [1.165, 1.54) is 17.5 Å². The lowest BCUT2D eigenvalue weighted by molar-refractivity contribution is 0.352. The molecular weight excluding hydrogens is 196 g/mol. The molecule has 1 aromatic carbocycles. The highest BCUT2D eigenvalue weighted by molar-refractivity contribution is 5.47. The van der Waals surface area contributed by atoms with Gasteiger partial charge in [-0.05, 0) is 41.5 Å². The summed E-state index contributed by atoms with van der Waals surface area (Å²) in [5.41, 5.74) is 9.89. The number of nitrogens with two attached hydrogens (primary N) is 1. The van der Waals surface area contributed by atoms with Gasteiger partial charge in [-0.1, -0.05) is 26.8 Å². The molecule has 1 aliphatic rings. The highest BCUT2D eigenvalue weighted by atomic mass is 14.9. The van der Waals surface area contributed by atoms with Gasteiger partial charge < -0.3 is 11.1 Å². The van der Waals surface area contributed by atoms with Crippen molar-refractivity contribution in [2.75, 3.05) is 12.3 Å². The second kappa shape index (κ2) is 4.10. The normalized spacial score (nSPS) is 19.8. The molecule has 0 saturated carbocycles. The summed E-state index contributed by atoms with van der Waals surface area (Å²) in [6.07, 6.45) is 2.36. The Morgan fingerprint density at radius 3 is 2.81 bits per heavy atom. The molecule has 3 N–H and O–H groups in total. The van der Waals surface area contributed by atoms with Gasteiger partial charge in [0.2, 0.25) is 0 Å². The van der Waals surface area contributed by atoms with Gasteiger partial charge in [-0.15, -0.1) is 0 Å². The first kappa shape index (κ1) is 11.5. The lowest BCUT2D eigenvalue weighted by atomic mass is 9.96. The van der Waals surface area contributed by atoms with Crippen molar-refractivity contribution in [3.8, 4) is 0 Å². The summed E-state index contributed by atoms with van der Waals surface area (Å²) in [5.74, 6) is 0. The van der Waals surface area contributed by atoms with Crippen molar-refractivity contribution < 1.29 is 0 Å². The molecule has 0 amide bonds. The van der Waals surface area contributed by atoms with Gasteiger partial charge in [0.15, 0.2) is 0 Å². The van der Waals surface area contributed by atoms with E-state index in [-0.39, 0.29) is 0 Å². The molecule has 0 aliphatic heterocycles. The monoisotopic (exact) mass is 218 g/mol. The summed E-state index contributed by atoms with van der Waals surface area (Å²) in [6.45, 7) is 7.85. The van der Waals surface area contributed by atoms with Crippen LogP contribution in [0.15, 0.2) is 18.2 Å². The summed E-state index contributed by atoms with van der Waals surface area (Å²) in [4.78, 5) is 0. The fourth-order valence-electron chi connectivity index (χ4n) is 2.28. The van der Waals surface area contributed by atoms with E-state index in [0.29, 0.717) is 11.5 Å². The zero-order valence-electron chi connectivity index (χ0n) is 10.5. The van der Waals surface area contributed by atoms with Gasteiger partial charge in [0, 0.05) is 18.3 Å². The third-order valence-corrected chi connectivity index (χ3v) is 3.12. The minimum Gasteiger partial charge on any atom is -0.399 e. The van der Waals surface area contributed by atoms with Gasteiger partial charge in [0.05, 0.1) is 0 Å². The lowest BCUT2D eigenvalue weighted by Crippen LogP contribution is -2.29. The molecule has 2 heteroatoms. The van der Waals surface area contributed by atoms with Crippen LogP contribution >= 0.6 is 0 Å². The molecule has 0 radical (unpaired) electrons. The lowest BCUT2D eigenvalue weighted by Gasteiger charge is -2.23. The standard InChI is InChI=1S/C14H22N2/c1-14(2,3)9-16-13-7-4-10-8-11(15)5-6-12(10)13/h5-6,8,13,16H,4,7,9,15H2,1-3H3. The molecule has 1 unspecified atom stereocenters. The van der Waals surface area contributed by atoms with Crippen LogP contribution in [0.1, 0.15) is 44.4 Å². The third-order valence-electron chi connectivity index (χ3n) is 3.12. The highest BCUT2D eigenvalue weighted by Crippen LogP contribution is 2.32. The number of fused-ring (bicyclic) bond motifs is 1. The predicted molar refractivity (Wildman–Crippen MR) is 69.4 cm³/mol. The van der Waals surface area contributed by atoms with Crippen molar-refractivity contribution in [2.24, 2.45) is 5.41 Å². The number of benzene rings is 1. The fourth-order valence-corrected chi connectivity index (χ4v) is 2.28. The van der Waals surface area contributed by atoms with Crippen LogP contribution in [-0.4, -0.2) is 6.54 Å². The summed E-state index contributed by atoms with van der Waals surface area (Å²) in [6, 6.07) is 6.83. The highest BCUT2D eigenvalue weighted by Gasteiger charge is 2.23. The second-order valence-electron chi connectivity index (χ2n) is 5.99.